The summed E-state index contributed by atoms with van der Waals surface area (Å²) in [6.07, 6.45) is -0.921. The van der Waals surface area contributed by atoms with E-state index in [1.165, 1.54) is 7.11 Å². The van der Waals surface area contributed by atoms with Crippen LogP contribution in [0.3, 0.4) is 0 Å². The molecule has 0 fully saturated rings. The van der Waals surface area contributed by atoms with Crippen LogP contribution < -0.4 is 14.8 Å². The van der Waals surface area contributed by atoms with Gasteiger partial charge in [-0.1, -0.05) is 35.4 Å². The molecular weight excluding hydrogens is 484 g/mol. The number of nitrogens with one attached hydrogen (secondary N) is 1. The lowest BCUT2D eigenvalue weighted by Gasteiger charge is -2.19. The van der Waals surface area contributed by atoms with Gasteiger partial charge in [-0.3, -0.25) is 9.59 Å². The number of carbonyl (C=O) groups excluding carboxylic acids is 3. The van der Waals surface area contributed by atoms with Crippen LogP contribution in [-0.4, -0.2) is 31.4 Å². The minimum atomic E-state index is -3.27. The summed E-state index contributed by atoms with van der Waals surface area (Å²) in [4.78, 5) is 36.4. The van der Waals surface area contributed by atoms with E-state index in [-0.39, 0.29) is 36.4 Å². The molecule has 2 aromatic rings. The Kier molecular flexibility index (Phi) is 8.45. The van der Waals surface area contributed by atoms with Crippen molar-refractivity contribution >= 4 is 35.1 Å². The average Bonchev–Trinajstić information content (AvgIpc) is 3.21. The van der Waals surface area contributed by atoms with Gasteiger partial charge in [0.2, 0.25) is 0 Å². The van der Waals surface area contributed by atoms with E-state index < -0.39 is 24.3 Å². The van der Waals surface area contributed by atoms with Crippen molar-refractivity contribution in [3.05, 3.63) is 63.2 Å². The predicted molar refractivity (Wildman–Crippen MR) is 125 cm³/mol. The van der Waals surface area contributed by atoms with E-state index in [9.17, 15) is 23.2 Å². The molecule has 0 saturated carbocycles. The highest BCUT2D eigenvalue weighted by Gasteiger charge is 2.33. The summed E-state index contributed by atoms with van der Waals surface area (Å²) in [6.45, 7) is 3.47. The standard InChI is InChI=1S/C25H24ClF2NO6/c1-13(9-11-19(30)35-18-7-5-4-6-17(18)26)8-10-15-21(29-24(31)23(27)28)20-16(12-34-25(20)32)14(2)22(15)33-3/h4-8,23H,9-12H2,1-3H3,(H,29,31)/b13-8+. The molecule has 0 aromatic heterocycles. The Morgan fingerprint density at radius 1 is 1.26 bits per heavy atom. The summed E-state index contributed by atoms with van der Waals surface area (Å²) < 4.78 is 41.9. The fourth-order valence-electron chi connectivity index (χ4n) is 3.75. The molecule has 1 N–H and O–H groups in total. The van der Waals surface area contributed by atoms with Crippen molar-refractivity contribution in [2.45, 2.75) is 46.1 Å². The first-order valence-corrected chi connectivity index (χ1v) is 11.1. The SMILES string of the molecule is COc1c(C)c2c(c(NC(=O)C(F)F)c1C/C=C(\C)CCC(=O)Oc1ccccc1Cl)C(=O)OC2. The van der Waals surface area contributed by atoms with Crippen molar-refractivity contribution in [2.75, 3.05) is 12.4 Å². The number of amides is 1. The van der Waals surface area contributed by atoms with E-state index in [1.54, 1.807) is 44.2 Å². The van der Waals surface area contributed by atoms with Crippen LogP contribution in [0.15, 0.2) is 35.9 Å². The van der Waals surface area contributed by atoms with Gasteiger partial charge in [-0.15, -0.1) is 0 Å². The number of hydrogen-bond acceptors (Lipinski definition) is 6. The Balaban J connectivity index is 1.83. The summed E-state index contributed by atoms with van der Waals surface area (Å²) in [5.74, 6) is -2.09. The molecule has 186 valence electrons. The van der Waals surface area contributed by atoms with E-state index in [4.69, 9.17) is 25.8 Å². The van der Waals surface area contributed by atoms with E-state index >= 15 is 0 Å². The minimum Gasteiger partial charge on any atom is -0.496 e. The first kappa shape index (κ1) is 26.2. The Morgan fingerprint density at radius 3 is 2.63 bits per heavy atom. The number of allylic oxidation sites excluding steroid dienone is 2. The van der Waals surface area contributed by atoms with Crippen LogP contribution in [0.4, 0.5) is 14.5 Å². The molecule has 1 aliphatic rings. The van der Waals surface area contributed by atoms with Crippen molar-refractivity contribution in [1.29, 1.82) is 0 Å². The molecule has 10 heteroatoms. The zero-order chi connectivity index (χ0) is 25.7. The summed E-state index contributed by atoms with van der Waals surface area (Å²) >= 11 is 6.00. The number of fused-ring (bicyclic) bond motifs is 1. The van der Waals surface area contributed by atoms with Gasteiger partial charge in [-0.25, -0.2) is 4.79 Å². The van der Waals surface area contributed by atoms with Gasteiger partial charge in [0.05, 0.1) is 23.4 Å². The van der Waals surface area contributed by atoms with Crippen molar-refractivity contribution in [3.63, 3.8) is 0 Å². The van der Waals surface area contributed by atoms with Gasteiger partial charge in [0.25, 0.3) is 5.91 Å². The monoisotopic (exact) mass is 507 g/mol. The van der Waals surface area contributed by atoms with Gasteiger partial charge in [-0.2, -0.15) is 8.78 Å². The molecule has 1 aliphatic heterocycles. The molecular formula is C25H24ClF2NO6. The van der Waals surface area contributed by atoms with Crippen LogP contribution in [-0.2, 0) is 27.4 Å². The number of esters is 2. The van der Waals surface area contributed by atoms with Crippen molar-refractivity contribution in [2.24, 2.45) is 0 Å². The molecule has 1 amide bonds. The first-order valence-electron chi connectivity index (χ1n) is 10.7. The van der Waals surface area contributed by atoms with E-state index in [0.29, 0.717) is 33.9 Å². The van der Waals surface area contributed by atoms with Crippen LogP contribution in [0, 0.1) is 6.92 Å². The number of carbonyl (C=O) groups is 3. The highest BCUT2D eigenvalue weighted by atomic mass is 35.5. The predicted octanol–water partition coefficient (Wildman–Crippen LogP) is 5.41. The topological polar surface area (TPSA) is 90.9 Å². The zero-order valence-corrected chi connectivity index (χ0v) is 20.1. The maximum atomic E-state index is 13.0. The summed E-state index contributed by atoms with van der Waals surface area (Å²) in [5.41, 5.74) is 2.24. The quantitative estimate of drug-likeness (QED) is 0.277. The van der Waals surface area contributed by atoms with Crippen molar-refractivity contribution in [1.82, 2.24) is 0 Å². The lowest BCUT2D eigenvalue weighted by Crippen LogP contribution is -2.23. The lowest BCUT2D eigenvalue weighted by molar-refractivity contribution is -0.134. The molecule has 2 aromatic carbocycles. The Morgan fingerprint density at radius 2 is 1.97 bits per heavy atom. The molecule has 0 saturated heterocycles. The third-order valence-electron chi connectivity index (χ3n) is 5.56. The van der Waals surface area contributed by atoms with Gasteiger partial charge in [0.1, 0.15) is 18.1 Å². The second kappa shape index (κ2) is 11.3. The van der Waals surface area contributed by atoms with E-state index in [0.717, 1.165) is 5.57 Å². The highest BCUT2D eigenvalue weighted by Crippen LogP contribution is 2.41. The average molecular weight is 508 g/mol. The molecule has 0 unspecified atom stereocenters. The Labute approximate surface area is 206 Å². The maximum absolute atomic E-state index is 13.0. The second-order valence-corrected chi connectivity index (χ2v) is 8.30. The summed E-state index contributed by atoms with van der Waals surface area (Å²) in [6, 6.07) is 6.62. The zero-order valence-electron chi connectivity index (χ0n) is 19.4. The third-order valence-corrected chi connectivity index (χ3v) is 5.87. The number of cyclic esters (lactones) is 1. The van der Waals surface area contributed by atoms with Crippen LogP contribution in [0.25, 0.3) is 0 Å². The fraction of sp³-hybridized carbons (Fsp3) is 0.320. The molecule has 0 aliphatic carbocycles. The first-order chi connectivity index (χ1) is 16.6. The van der Waals surface area contributed by atoms with Crippen LogP contribution in [0.1, 0.15) is 46.8 Å². The van der Waals surface area contributed by atoms with Gasteiger partial charge < -0.3 is 19.5 Å². The Hall–Kier alpha value is -3.46. The number of ether oxygens (including phenoxy) is 3. The molecule has 0 atom stereocenters. The molecule has 0 radical (unpaired) electrons. The molecule has 0 bridgehead atoms. The maximum Gasteiger partial charge on any atom is 0.341 e. The number of anilines is 1. The smallest absolute Gasteiger partial charge is 0.341 e. The molecule has 7 nitrogen and oxygen atoms in total. The minimum absolute atomic E-state index is 0.0432. The van der Waals surface area contributed by atoms with Crippen molar-refractivity contribution < 1.29 is 37.4 Å². The van der Waals surface area contributed by atoms with Crippen LogP contribution in [0.2, 0.25) is 5.02 Å². The molecule has 35 heavy (non-hydrogen) atoms. The van der Waals surface area contributed by atoms with Gasteiger partial charge >= 0.3 is 18.4 Å². The van der Waals surface area contributed by atoms with Gasteiger partial charge in [0.15, 0.2) is 0 Å². The number of para-hydroxylation sites is 1. The molecule has 1 heterocycles. The number of rotatable bonds is 9. The van der Waals surface area contributed by atoms with Crippen LogP contribution >= 0.6 is 11.6 Å². The lowest BCUT2D eigenvalue weighted by atomic mass is 9.93. The summed E-state index contributed by atoms with van der Waals surface area (Å²) in [7, 11) is 1.41. The number of hydrogen-bond donors (Lipinski definition) is 1. The van der Waals surface area contributed by atoms with Crippen molar-refractivity contribution in [3.8, 4) is 11.5 Å². The molecule has 0 spiro atoms. The van der Waals surface area contributed by atoms with E-state index in [2.05, 4.69) is 5.32 Å². The van der Waals surface area contributed by atoms with E-state index in [1.807, 2.05) is 0 Å². The second-order valence-electron chi connectivity index (χ2n) is 7.89. The molecule has 3 rings (SSSR count). The number of methoxy groups -OCH3 is 1. The van der Waals surface area contributed by atoms with Crippen LogP contribution in [0.5, 0.6) is 11.5 Å². The number of benzene rings is 2. The fourth-order valence-corrected chi connectivity index (χ4v) is 3.92. The number of alkyl halides is 2. The normalized spacial score (nSPS) is 12.9. The Bertz CT molecular complexity index is 1190. The third kappa shape index (κ3) is 5.97. The summed E-state index contributed by atoms with van der Waals surface area (Å²) in [5, 5.41) is 2.49. The van der Waals surface area contributed by atoms with Gasteiger partial charge in [-0.05, 0) is 44.4 Å². The highest BCUT2D eigenvalue weighted by molar-refractivity contribution is 6.32. The largest absolute Gasteiger partial charge is 0.496 e. The number of halogens is 3. The van der Waals surface area contributed by atoms with Gasteiger partial charge in [0, 0.05) is 17.5 Å².